The number of hydrogen-bond donors (Lipinski definition) is 0. The Morgan fingerprint density at radius 1 is 0.680 bits per heavy atom. The summed E-state index contributed by atoms with van der Waals surface area (Å²) in [5.41, 5.74) is 14.5. The van der Waals surface area contributed by atoms with Crippen molar-refractivity contribution in [1.82, 2.24) is 14.5 Å². The quantitative estimate of drug-likeness (QED) is 0.184. The number of thioether (sulfide) groups is 1. The van der Waals surface area contributed by atoms with Crippen LogP contribution in [-0.4, -0.2) is 19.8 Å². The van der Waals surface area contributed by atoms with Crippen molar-refractivity contribution in [3.8, 4) is 39.6 Å². The molecule has 0 amide bonds. The number of rotatable bonds is 5. The number of hydrogen-bond acceptors (Lipinski definition) is 3. The molecule has 0 bridgehead atoms. The van der Waals surface area contributed by atoms with Crippen molar-refractivity contribution >= 4 is 34.3 Å². The van der Waals surface area contributed by atoms with Crippen LogP contribution in [0.1, 0.15) is 34.7 Å². The molecule has 7 aromatic rings. The Kier molecular flexibility index (Phi) is 7.02. The molecule has 3 aliphatic rings. The smallest absolute Gasteiger partial charge is 0.160 e. The second-order valence-electron chi connectivity index (χ2n) is 13.2. The van der Waals surface area contributed by atoms with E-state index in [2.05, 4.69) is 144 Å². The van der Waals surface area contributed by atoms with E-state index in [4.69, 9.17) is 9.97 Å². The molecule has 50 heavy (non-hydrogen) atoms. The van der Waals surface area contributed by atoms with Gasteiger partial charge < -0.3 is 4.57 Å². The number of benzene rings is 5. The maximum absolute atomic E-state index is 5.09. The van der Waals surface area contributed by atoms with Gasteiger partial charge in [0.25, 0.3) is 0 Å². The van der Waals surface area contributed by atoms with Gasteiger partial charge in [0.1, 0.15) is 0 Å². The van der Waals surface area contributed by atoms with E-state index in [1.54, 1.807) is 0 Å². The zero-order valence-electron chi connectivity index (χ0n) is 27.4. The van der Waals surface area contributed by atoms with Gasteiger partial charge >= 0.3 is 0 Å². The van der Waals surface area contributed by atoms with Crippen LogP contribution in [0.15, 0.2) is 163 Å². The largest absolute Gasteiger partial charge is 0.312 e. The van der Waals surface area contributed by atoms with E-state index in [0.717, 1.165) is 46.7 Å². The summed E-state index contributed by atoms with van der Waals surface area (Å²) in [6, 6.07) is 47.5. The summed E-state index contributed by atoms with van der Waals surface area (Å²) in [5.74, 6) is 1.07. The molecule has 238 valence electrons. The van der Waals surface area contributed by atoms with Gasteiger partial charge in [0.2, 0.25) is 0 Å². The first-order valence-corrected chi connectivity index (χ1v) is 18.3. The van der Waals surface area contributed by atoms with Gasteiger partial charge in [-0.05, 0) is 48.2 Å². The Labute approximate surface area is 296 Å². The van der Waals surface area contributed by atoms with Crippen molar-refractivity contribution in [2.75, 3.05) is 0 Å². The van der Waals surface area contributed by atoms with Gasteiger partial charge in [-0.1, -0.05) is 140 Å². The maximum Gasteiger partial charge on any atom is 0.160 e. The fourth-order valence-electron chi connectivity index (χ4n) is 7.93. The van der Waals surface area contributed by atoms with Crippen LogP contribution < -0.4 is 0 Å². The molecule has 0 spiro atoms. The van der Waals surface area contributed by atoms with Gasteiger partial charge in [-0.2, -0.15) is 0 Å². The second kappa shape index (κ2) is 12.0. The van der Waals surface area contributed by atoms with Gasteiger partial charge in [-0.15, -0.1) is 11.8 Å². The molecule has 10 rings (SSSR count). The molecular weight excluding hydrogens is 627 g/mol. The molecule has 2 aromatic heterocycles. The molecule has 1 aliphatic heterocycles. The molecule has 5 aromatic carbocycles. The second-order valence-corrected chi connectivity index (χ2v) is 14.4. The summed E-state index contributed by atoms with van der Waals surface area (Å²) in [6.45, 7) is 0. The lowest BCUT2D eigenvalue weighted by Crippen LogP contribution is -2.14. The summed E-state index contributed by atoms with van der Waals surface area (Å²) in [6.07, 6.45) is 13.8. The van der Waals surface area contributed by atoms with Crippen LogP contribution in [0, 0.1) is 0 Å². The van der Waals surface area contributed by atoms with Crippen molar-refractivity contribution < 1.29 is 0 Å². The predicted octanol–water partition coefficient (Wildman–Crippen LogP) is 11.6. The summed E-state index contributed by atoms with van der Waals surface area (Å²) >= 11 is 2.02. The van der Waals surface area contributed by atoms with E-state index in [9.17, 15) is 0 Å². The summed E-state index contributed by atoms with van der Waals surface area (Å²) in [4.78, 5) is 11.5. The minimum absolute atomic E-state index is 0.343. The molecular formula is C46H33N3S. The third-order valence-electron chi connectivity index (χ3n) is 10.3. The number of aromatic nitrogens is 3. The third-order valence-corrected chi connectivity index (χ3v) is 11.7. The van der Waals surface area contributed by atoms with Crippen LogP contribution in [0.5, 0.6) is 0 Å². The first-order chi connectivity index (χ1) is 24.8. The Morgan fingerprint density at radius 3 is 2.10 bits per heavy atom. The van der Waals surface area contributed by atoms with E-state index in [1.165, 1.54) is 49.4 Å². The number of allylic oxidation sites excluding steroid dienone is 4. The monoisotopic (exact) mass is 659 g/mol. The Hall–Kier alpha value is -5.71. The Bertz CT molecular complexity index is 2430. The molecule has 2 aliphatic carbocycles. The molecule has 2 atom stereocenters. The topological polar surface area (TPSA) is 30.7 Å². The summed E-state index contributed by atoms with van der Waals surface area (Å²) < 4.78 is 2.56. The molecule has 0 fully saturated rings. The van der Waals surface area contributed by atoms with Gasteiger partial charge in [0.05, 0.1) is 16.9 Å². The van der Waals surface area contributed by atoms with Crippen LogP contribution in [0.3, 0.4) is 0 Å². The maximum atomic E-state index is 5.09. The van der Waals surface area contributed by atoms with Crippen LogP contribution in [0.4, 0.5) is 0 Å². The average Bonchev–Trinajstić information content (AvgIpc) is 3.75. The van der Waals surface area contributed by atoms with Crippen LogP contribution in [0.2, 0.25) is 0 Å². The highest BCUT2D eigenvalue weighted by Crippen LogP contribution is 2.55. The SMILES string of the molecule is C1=CC(c2ccccc2)C2Sc3ccc4c5c(n(-c6ccc(-c7cc(-c8ccccc8)nc(-c8ccccc8)n7)cc6)c4c3C2=C1)CCC=C5. The van der Waals surface area contributed by atoms with Crippen molar-refractivity contribution in [3.05, 3.63) is 180 Å². The number of nitrogens with zero attached hydrogens (tertiary/aromatic N) is 3. The minimum atomic E-state index is 0.343. The normalized spacial score (nSPS) is 17.3. The van der Waals surface area contributed by atoms with Crippen molar-refractivity contribution in [1.29, 1.82) is 0 Å². The van der Waals surface area contributed by atoms with Gasteiger partial charge in [-0.3, -0.25) is 0 Å². The predicted molar refractivity (Wildman–Crippen MR) is 208 cm³/mol. The molecule has 0 saturated carbocycles. The minimum Gasteiger partial charge on any atom is -0.312 e. The fraction of sp³-hybridized carbons (Fsp3) is 0.0870. The number of fused-ring (bicyclic) bond motifs is 7. The summed E-state index contributed by atoms with van der Waals surface area (Å²) in [5, 5.41) is 1.69. The highest BCUT2D eigenvalue weighted by molar-refractivity contribution is 8.01. The van der Waals surface area contributed by atoms with E-state index >= 15 is 0 Å². The lowest BCUT2D eigenvalue weighted by Gasteiger charge is -2.24. The third kappa shape index (κ3) is 4.82. The lowest BCUT2D eigenvalue weighted by atomic mass is 9.84. The van der Waals surface area contributed by atoms with Crippen LogP contribution >= 0.6 is 11.8 Å². The highest BCUT2D eigenvalue weighted by atomic mass is 32.2. The van der Waals surface area contributed by atoms with Crippen LogP contribution in [0.25, 0.3) is 62.1 Å². The van der Waals surface area contributed by atoms with E-state index in [-0.39, 0.29) is 0 Å². The van der Waals surface area contributed by atoms with Gasteiger partial charge in [0, 0.05) is 60.6 Å². The van der Waals surface area contributed by atoms with E-state index in [0.29, 0.717) is 11.2 Å². The zero-order chi connectivity index (χ0) is 33.0. The zero-order valence-corrected chi connectivity index (χ0v) is 28.2. The molecule has 3 nitrogen and oxygen atoms in total. The highest BCUT2D eigenvalue weighted by Gasteiger charge is 2.38. The molecule has 3 heterocycles. The first kappa shape index (κ1) is 29.2. The fourth-order valence-corrected chi connectivity index (χ4v) is 9.40. The van der Waals surface area contributed by atoms with Crippen molar-refractivity contribution in [2.24, 2.45) is 0 Å². The van der Waals surface area contributed by atoms with E-state index in [1.807, 2.05) is 36.0 Å². The van der Waals surface area contributed by atoms with Gasteiger partial charge in [-0.25, -0.2) is 9.97 Å². The first-order valence-electron chi connectivity index (χ1n) is 17.4. The van der Waals surface area contributed by atoms with Crippen molar-refractivity contribution in [2.45, 2.75) is 28.9 Å². The molecule has 0 radical (unpaired) electrons. The molecule has 0 N–H and O–H groups in total. The Morgan fingerprint density at radius 2 is 1.36 bits per heavy atom. The average molecular weight is 660 g/mol. The Balaban J connectivity index is 1.11. The molecule has 4 heteroatoms. The van der Waals surface area contributed by atoms with Gasteiger partial charge in [0.15, 0.2) is 5.82 Å². The summed E-state index contributed by atoms with van der Waals surface area (Å²) in [7, 11) is 0. The standard InChI is InChI=1S/C46H33N3S/c1-4-13-30(14-5-1)35-20-12-21-38-43-42(50-45(35)38)28-27-37-36-19-10-11-22-41(36)49(44(37)43)34-25-23-32(24-26-34)40-29-39(31-15-6-2-7-16-31)47-46(48-40)33-17-8-3-9-18-33/h1-10,12-21,23-29,35,45H,11,22H2. The van der Waals surface area contributed by atoms with Crippen molar-refractivity contribution in [3.63, 3.8) is 0 Å². The molecule has 2 unspecified atom stereocenters. The molecule has 0 saturated heterocycles. The lowest BCUT2D eigenvalue weighted by molar-refractivity contribution is 0.883. The van der Waals surface area contributed by atoms with Crippen LogP contribution in [-0.2, 0) is 6.42 Å². The van der Waals surface area contributed by atoms with E-state index < -0.39 is 0 Å².